The maximum atomic E-state index is 11.1. The Morgan fingerprint density at radius 1 is 1.31 bits per heavy atom. The fourth-order valence-corrected chi connectivity index (χ4v) is 2.21. The Morgan fingerprint density at radius 2 is 2.06 bits per heavy atom. The summed E-state index contributed by atoms with van der Waals surface area (Å²) in [5, 5.41) is 9.09. The van der Waals surface area contributed by atoms with Crippen LogP contribution in [-0.4, -0.2) is 23.7 Å². The van der Waals surface area contributed by atoms with Crippen molar-refractivity contribution in [2.75, 3.05) is 11.4 Å². The van der Waals surface area contributed by atoms with Crippen molar-refractivity contribution >= 4 is 17.7 Å². The molecule has 0 amide bonds. The van der Waals surface area contributed by atoms with E-state index in [2.05, 4.69) is 11.0 Å². The van der Waals surface area contributed by atoms with E-state index in [1.165, 1.54) is 18.5 Å². The van der Waals surface area contributed by atoms with Gasteiger partial charge in [0.05, 0.1) is 12.1 Å². The first-order chi connectivity index (χ1) is 7.75. The van der Waals surface area contributed by atoms with Crippen LogP contribution in [0.5, 0.6) is 0 Å². The van der Waals surface area contributed by atoms with Gasteiger partial charge in [-0.15, -0.1) is 0 Å². The largest absolute Gasteiger partial charge is 0.478 e. The topological polar surface area (TPSA) is 40.5 Å². The maximum absolute atomic E-state index is 11.1. The van der Waals surface area contributed by atoms with Crippen LogP contribution in [0.4, 0.5) is 5.69 Å². The number of benzene rings is 1. The van der Waals surface area contributed by atoms with Crippen LogP contribution in [0.2, 0.25) is 0 Å². The third kappa shape index (κ3) is 1.48. The predicted molar refractivity (Wildman–Crippen MR) is 62.4 cm³/mol. The van der Waals surface area contributed by atoms with Crippen molar-refractivity contribution in [2.24, 2.45) is 0 Å². The van der Waals surface area contributed by atoms with Crippen molar-refractivity contribution in [1.82, 2.24) is 0 Å². The van der Waals surface area contributed by atoms with Gasteiger partial charge in [-0.25, -0.2) is 4.79 Å². The zero-order valence-electron chi connectivity index (χ0n) is 8.89. The van der Waals surface area contributed by atoms with Crippen LogP contribution < -0.4 is 4.90 Å². The minimum absolute atomic E-state index is 0.491. The summed E-state index contributed by atoms with van der Waals surface area (Å²) in [5.41, 5.74) is 2.69. The molecule has 1 heterocycles. The Kier molecular flexibility index (Phi) is 1.99. The van der Waals surface area contributed by atoms with E-state index in [-0.39, 0.29) is 0 Å². The van der Waals surface area contributed by atoms with Crippen molar-refractivity contribution in [3.63, 3.8) is 0 Å². The summed E-state index contributed by atoms with van der Waals surface area (Å²) in [7, 11) is 0. The molecule has 1 aromatic carbocycles. The van der Waals surface area contributed by atoms with Crippen LogP contribution in [0.3, 0.4) is 0 Å². The van der Waals surface area contributed by atoms with Gasteiger partial charge < -0.3 is 10.0 Å². The third-order valence-corrected chi connectivity index (χ3v) is 3.18. The van der Waals surface area contributed by atoms with E-state index < -0.39 is 5.97 Å². The summed E-state index contributed by atoms with van der Waals surface area (Å²) in [5.74, 6) is -0.805. The lowest BCUT2D eigenvalue weighted by Crippen LogP contribution is -2.32. The van der Waals surface area contributed by atoms with Gasteiger partial charge in [0.1, 0.15) is 0 Å². The number of para-hydroxylation sites is 1. The quantitative estimate of drug-likeness (QED) is 0.821. The summed E-state index contributed by atoms with van der Waals surface area (Å²) in [4.78, 5) is 13.3. The summed E-state index contributed by atoms with van der Waals surface area (Å²) in [6, 6.07) is 8.55. The molecule has 1 aliphatic carbocycles. The van der Waals surface area contributed by atoms with Crippen LogP contribution in [-0.2, 0) is 4.79 Å². The Bertz CT molecular complexity index is 475. The minimum atomic E-state index is -0.805. The molecular weight excluding hydrogens is 202 g/mol. The minimum Gasteiger partial charge on any atom is -0.478 e. The van der Waals surface area contributed by atoms with E-state index in [4.69, 9.17) is 5.11 Å². The van der Waals surface area contributed by atoms with Gasteiger partial charge >= 0.3 is 5.97 Å². The van der Waals surface area contributed by atoms with Crippen LogP contribution >= 0.6 is 0 Å². The van der Waals surface area contributed by atoms with Gasteiger partial charge in [0, 0.05) is 11.7 Å². The molecule has 2 aliphatic rings. The molecule has 0 aromatic heterocycles. The second-order valence-electron chi connectivity index (χ2n) is 4.39. The summed E-state index contributed by atoms with van der Waals surface area (Å²) >= 11 is 0. The van der Waals surface area contributed by atoms with E-state index >= 15 is 0 Å². The average Bonchev–Trinajstić information content (AvgIpc) is 3.11. The lowest BCUT2D eigenvalue weighted by Gasteiger charge is -2.30. The number of carboxylic acid groups (broad SMARTS) is 1. The van der Waals surface area contributed by atoms with Crippen molar-refractivity contribution < 1.29 is 9.90 Å². The zero-order chi connectivity index (χ0) is 11.1. The first-order valence-corrected chi connectivity index (χ1v) is 5.55. The standard InChI is InChI=1S/C13H13NO2/c15-13(16)10-7-9-3-1-2-4-12(9)14(8-10)11-5-6-11/h1-4,7,11H,5-6,8H2,(H,15,16). The molecule has 82 valence electrons. The van der Waals surface area contributed by atoms with Gasteiger partial charge in [-0.05, 0) is 30.5 Å². The molecule has 0 saturated heterocycles. The summed E-state index contributed by atoms with van der Waals surface area (Å²) in [6.45, 7) is 0.539. The molecule has 3 nitrogen and oxygen atoms in total. The first-order valence-electron chi connectivity index (χ1n) is 5.55. The average molecular weight is 215 g/mol. The highest BCUT2D eigenvalue weighted by molar-refractivity contribution is 5.96. The molecule has 0 spiro atoms. The summed E-state index contributed by atoms with van der Waals surface area (Å²) < 4.78 is 0. The van der Waals surface area contributed by atoms with Gasteiger partial charge in [-0.1, -0.05) is 18.2 Å². The second kappa shape index (κ2) is 3.37. The molecule has 1 N–H and O–H groups in total. The second-order valence-corrected chi connectivity index (χ2v) is 4.39. The highest BCUT2D eigenvalue weighted by atomic mass is 16.4. The first kappa shape index (κ1) is 9.46. The molecule has 3 heteroatoms. The summed E-state index contributed by atoms with van der Waals surface area (Å²) in [6.07, 6.45) is 4.15. The molecule has 0 bridgehead atoms. The number of nitrogens with zero attached hydrogens (tertiary/aromatic N) is 1. The number of rotatable bonds is 2. The molecule has 1 aliphatic heterocycles. The number of fused-ring (bicyclic) bond motifs is 1. The number of hydrogen-bond acceptors (Lipinski definition) is 2. The molecule has 3 rings (SSSR count). The fraction of sp³-hybridized carbons (Fsp3) is 0.308. The van der Waals surface area contributed by atoms with Crippen molar-refractivity contribution in [3.8, 4) is 0 Å². The fourth-order valence-electron chi connectivity index (χ4n) is 2.21. The highest BCUT2D eigenvalue weighted by Crippen LogP contribution is 2.37. The smallest absolute Gasteiger partial charge is 0.333 e. The number of carboxylic acids is 1. The number of hydrogen-bond donors (Lipinski definition) is 1. The van der Waals surface area contributed by atoms with Gasteiger partial charge in [0.25, 0.3) is 0 Å². The van der Waals surface area contributed by atoms with E-state index in [9.17, 15) is 4.79 Å². The maximum Gasteiger partial charge on any atom is 0.333 e. The third-order valence-electron chi connectivity index (χ3n) is 3.18. The van der Waals surface area contributed by atoms with E-state index in [0.29, 0.717) is 18.2 Å². The van der Waals surface area contributed by atoms with Gasteiger partial charge in [-0.3, -0.25) is 0 Å². The van der Waals surface area contributed by atoms with E-state index in [1.54, 1.807) is 6.08 Å². The Balaban J connectivity index is 2.06. The Labute approximate surface area is 94.0 Å². The van der Waals surface area contributed by atoms with Gasteiger partial charge in [0.15, 0.2) is 0 Å². The lowest BCUT2D eigenvalue weighted by atomic mass is 10.0. The Hall–Kier alpha value is -1.77. The van der Waals surface area contributed by atoms with Crippen molar-refractivity contribution in [1.29, 1.82) is 0 Å². The predicted octanol–water partition coefficient (Wildman–Crippen LogP) is 2.14. The van der Waals surface area contributed by atoms with Gasteiger partial charge in [0.2, 0.25) is 0 Å². The molecule has 1 saturated carbocycles. The molecule has 16 heavy (non-hydrogen) atoms. The highest BCUT2D eigenvalue weighted by Gasteiger charge is 2.33. The SMILES string of the molecule is O=C(O)C1=Cc2ccccc2N(C2CC2)C1. The van der Waals surface area contributed by atoms with Crippen LogP contribution in [0.15, 0.2) is 29.8 Å². The van der Waals surface area contributed by atoms with Crippen LogP contribution in [0.1, 0.15) is 18.4 Å². The molecule has 0 unspecified atom stereocenters. The van der Waals surface area contributed by atoms with E-state index in [0.717, 1.165) is 5.56 Å². The lowest BCUT2D eigenvalue weighted by molar-refractivity contribution is -0.132. The Morgan fingerprint density at radius 3 is 2.75 bits per heavy atom. The molecule has 0 radical (unpaired) electrons. The zero-order valence-corrected chi connectivity index (χ0v) is 8.89. The van der Waals surface area contributed by atoms with Crippen LogP contribution in [0, 0.1) is 0 Å². The monoisotopic (exact) mass is 215 g/mol. The van der Waals surface area contributed by atoms with Crippen molar-refractivity contribution in [3.05, 3.63) is 35.4 Å². The van der Waals surface area contributed by atoms with E-state index in [1.807, 2.05) is 18.2 Å². The van der Waals surface area contributed by atoms with Gasteiger partial charge in [-0.2, -0.15) is 0 Å². The van der Waals surface area contributed by atoms with Crippen LogP contribution in [0.25, 0.3) is 6.08 Å². The number of anilines is 1. The molecule has 0 atom stereocenters. The number of carbonyl (C=O) groups is 1. The molecule has 1 aromatic rings. The number of aliphatic carboxylic acids is 1. The van der Waals surface area contributed by atoms with Crippen molar-refractivity contribution in [2.45, 2.75) is 18.9 Å². The molecule has 1 fully saturated rings. The normalized spacial score (nSPS) is 19.0. The molecular formula is C13H13NO2.